The highest BCUT2D eigenvalue weighted by atomic mass is 127. The van der Waals surface area contributed by atoms with E-state index >= 15 is 0 Å². The second-order valence-electron chi connectivity index (χ2n) is 4.53. The van der Waals surface area contributed by atoms with Crippen LogP contribution in [0.3, 0.4) is 0 Å². The van der Waals surface area contributed by atoms with Gasteiger partial charge in [0.25, 0.3) is 0 Å². The van der Waals surface area contributed by atoms with E-state index in [0.29, 0.717) is 12.5 Å². The van der Waals surface area contributed by atoms with Gasteiger partial charge in [0, 0.05) is 15.8 Å². The van der Waals surface area contributed by atoms with Crippen LogP contribution in [0.2, 0.25) is 0 Å². The summed E-state index contributed by atoms with van der Waals surface area (Å²) in [6, 6.07) is 3.89. The number of ether oxygens (including phenoxy) is 1. The predicted octanol–water partition coefficient (Wildman–Crippen LogP) is 2.73. The maximum Gasteiger partial charge on any atom is 0.213 e. The Morgan fingerprint density at radius 2 is 2.06 bits per heavy atom. The van der Waals surface area contributed by atoms with Crippen molar-refractivity contribution in [2.45, 2.75) is 37.6 Å². The third kappa shape index (κ3) is 3.31. The topological polar surface area (TPSA) is 48.1 Å². The summed E-state index contributed by atoms with van der Waals surface area (Å²) >= 11 is 2.23. The molecule has 0 spiro atoms. The number of aromatic nitrogens is 1. The van der Waals surface area contributed by atoms with E-state index in [4.69, 9.17) is 10.5 Å². The summed E-state index contributed by atoms with van der Waals surface area (Å²) in [5, 5.41) is 0. The fourth-order valence-corrected chi connectivity index (χ4v) is 2.38. The summed E-state index contributed by atoms with van der Waals surface area (Å²) < 4.78 is 6.78. The van der Waals surface area contributed by atoms with Gasteiger partial charge in [-0.15, -0.1) is 0 Å². The normalized spacial score (nSPS) is 19.4. The molecule has 0 bridgehead atoms. The maximum atomic E-state index is 6.28. The third-order valence-electron chi connectivity index (χ3n) is 3.06. The molecule has 1 fully saturated rings. The minimum Gasteiger partial charge on any atom is -0.476 e. The second kappa shape index (κ2) is 5.31. The van der Waals surface area contributed by atoms with Gasteiger partial charge in [0.05, 0.1) is 5.54 Å². The Morgan fingerprint density at radius 1 is 1.31 bits per heavy atom. The fourth-order valence-electron chi connectivity index (χ4n) is 2.07. The van der Waals surface area contributed by atoms with E-state index in [2.05, 4.69) is 27.6 Å². The number of pyridine rings is 1. The largest absolute Gasteiger partial charge is 0.476 e. The Bertz CT molecular complexity index is 333. The Balaban J connectivity index is 1.88. The van der Waals surface area contributed by atoms with Gasteiger partial charge in [0.1, 0.15) is 6.61 Å². The molecule has 88 valence electrons. The molecule has 1 heterocycles. The molecule has 2 rings (SSSR count). The van der Waals surface area contributed by atoms with Crippen molar-refractivity contribution in [1.29, 1.82) is 0 Å². The van der Waals surface area contributed by atoms with Gasteiger partial charge < -0.3 is 10.5 Å². The summed E-state index contributed by atoms with van der Waals surface area (Å²) in [5.74, 6) is 0.677. The Hall–Kier alpha value is -0.360. The van der Waals surface area contributed by atoms with Crippen LogP contribution >= 0.6 is 22.6 Å². The quantitative estimate of drug-likeness (QED) is 0.866. The lowest BCUT2D eigenvalue weighted by Crippen LogP contribution is -2.47. The lowest BCUT2D eigenvalue weighted by Gasteiger charge is -2.32. The van der Waals surface area contributed by atoms with Crippen LogP contribution in [0.25, 0.3) is 0 Å². The number of nitrogens with zero attached hydrogens (tertiary/aromatic N) is 1. The van der Waals surface area contributed by atoms with Crippen LogP contribution < -0.4 is 10.5 Å². The molecule has 0 unspecified atom stereocenters. The molecule has 0 saturated heterocycles. The maximum absolute atomic E-state index is 6.28. The summed E-state index contributed by atoms with van der Waals surface area (Å²) in [6.45, 7) is 0.584. The van der Waals surface area contributed by atoms with E-state index in [1.165, 1.54) is 19.3 Å². The SMILES string of the molecule is NC1(COc2ccc(I)cn2)CCCCC1. The predicted molar refractivity (Wildman–Crippen MR) is 72.5 cm³/mol. The van der Waals surface area contributed by atoms with Crippen LogP contribution in [0.4, 0.5) is 0 Å². The first-order valence-corrected chi connectivity index (χ1v) is 6.79. The fraction of sp³-hybridized carbons (Fsp3) is 0.583. The molecule has 0 amide bonds. The molecule has 0 aromatic carbocycles. The number of hydrogen-bond donors (Lipinski definition) is 1. The number of hydrogen-bond acceptors (Lipinski definition) is 3. The molecular formula is C12H17IN2O. The summed E-state index contributed by atoms with van der Waals surface area (Å²) in [4.78, 5) is 4.21. The molecule has 4 heteroatoms. The molecule has 1 aliphatic rings. The van der Waals surface area contributed by atoms with E-state index in [9.17, 15) is 0 Å². The molecule has 0 radical (unpaired) electrons. The van der Waals surface area contributed by atoms with Gasteiger partial charge in [0.15, 0.2) is 0 Å². The number of halogens is 1. The first-order chi connectivity index (χ1) is 7.68. The van der Waals surface area contributed by atoms with E-state index in [0.717, 1.165) is 16.4 Å². The monoisotopic (exact) mass is 332 g/mol. The smallest absolute Gasteiger partial charge is 0.213 e. The van der Waals surface area contributed by atoms with E-state index in [1.807, 2.05) is 12.1 Å². The minimum atomic E-state index is -0.136. The van der Waals surface area contributed by atoms with Crippen molar-refractivity contribution in [3.05, 3.63) is 21.9 Å². The van der Waals surface area contributed by atoms with E-state index < -0.39 is 0 Å². The van der Waals surface area contributed by atoms with Gasteiger partial charge in [0.2, 0.25) is 5.88 Å². The summed E-state index contributed by atoms with van der Waals surface area (Å²) in [5.41, 5.74) is 6.15. The van der Waals surface area contributed by atoms with Crippen LogP contribution in [-0.4, -0.2) is 17.1 Å². The first-order valence-electron chi connectivity index (χ1n) is 5.71. The van der Waals surface area contributed by atoms with Crippen molar-refractivity contribution >= 4 is 22.6 Å². The van der Waals surface area contributed by atoms with Crippen molar-refractivity contribution in [2.75, 3.05) is 6.61 Å². The van der Waals surface area contributed by atoms with Crippen LogP contribution in [0.15, 0.2) is 18.3 Å². The van der Waals surface area contributed by atoms with E-state index in [-0.39, 0.29) is 5.54 Å². The molecule has 16 heavy (non-hydrogen) atoms. The third-order valence-corrected chi connectivity index (χ3v) is 3.70. The van der Waals surface area contributed by atoms with Gasteiger partial charge >= 0.3 is 0 Å². The average molecular weight is 332 g/mol. The van der Waals surface area contributed by atoms with Crippen molar-refractivity contribution in [3.8, 4) is 5.88 Å². The molecular weight excluding hydrogens is 315 g/mol. The Labute approximate surface area is 110 Å². The first kappa shape index (κ1) is 12.1. The molecule has 1 aromatic rings. The highest BCUT2D eigenvalue weighted by molar-refractivity contribution is 14.1. The molecule has 3 nitrogen and oxygen atoms in total. The standard InChI is InChI=1S/C12H17IN2O/c13-10-4-5-11(15-8-10)16-9-12(14)6-2-1-3-7-12/h4-5,8H,1-3,6-7,9,14H2. The average Bonchev–Trinajstić information content (AvgIpc) is 2.29. The zero-order valence-electron chi connectivity index (χ0n) is 9.29. The minimum absolute atomic E-state index is 0.136. The second-order valence-corrected chi connectivity index (χ2v) is 5.77. The molecule has 0 aliphatic heterocycles. The highest BCUT2D eigenvalue weighted by Gasteiger charge is 2.28. The zero-order chi connectivity index (χ0) is 11.4. The van der Waals surface area contributed by atoms with Crippen LogP contribution in [0.5, 0.6) is 5.88 Å². The lowest BCUT2D eigenvalue weighted by molar-refractivity contribution is 0.169. The van der Waals surface area contributed by atoms with Crippen molar-refractivity contribution in [2.24, 2.45) is 5.73 Å². The van der Waals surface area contributed by atoms with E-state index in [1.54, 1.807) is 6.20 Å². The van der Waals surface area contributed by atoms with Crippen molar-refractivity contribution < 1.29 is 4.74 Å². The van der Waals surface area contributed by atoms with Crippen LogP contribution in [-0.2, 0) is 0 Å². The molecule has 2 N–H and O–H groups in total. The molecule has 1 aliphatic carbocycles. The highest BCUT2D eigenvalue weighted by Crippen LogP contribution is 2.26. The number of rotatable bonds is 3. The van der Waals surface area contributed by atoms with Gasteiger partial charge in [-0.1, -0.05) is 19.3 Å². The van der Waals surface area contributed by atoms with Crippen LogP contribution in [0, 0.1) is 3.57 Å². The number of nitrogens with two attached hydrogens (primary N) is 1. The van der Waals surface area contributed by atoms with Gasteiger partial charge in [-0.25, -0.2) is 4.98 Å². The molecule has 1 aromatic heterocycles. The summed E-state index contributed by atoms with van der Waals surface area (Å²) in [7, 11) is 0. The van der Waals surface area contributed by atoms with Gasteiger partial charge in [-0.05, 0) is 41.5 Å². The Morgan fingerprint density at radius 3 is 2.69 bits per heavy atom. The van der Waals surface area contributed by atoms with Crippen molar-refractivity contribution in [1.82, 2.24) is 4.98 Å². The van der Waals surface area contributed by atoms with Crippen LogP contribution in [0.1, 0.15) is 32.1 Å². The lowest BCUT2D eigenvalue weighted by atomic mass is 9.83. The zero-order valence-corrected chi connectivity index (χ0v) is 11.4. The van der Waals surface area contributed by atoms with Crippen molar-refractivity contribution in [3.63, 3.8) is 0 Å². The van der Waals surface area contributed by atoms with Gasteiger partial charge in [-0.3, -0.25) is 0 Å². The molecule has 1 saturated carbocycles. The summed E-state index contributed by atoms with van der Waals surface area (Å²) in [6.07, 6.45) is 7.69. The van der Waals surface area contributed by atoms with Gasteiger partial charge in [-0.2, -0.15) is 0 Å². The Kier molecular flexibility index (Phi) is 4.02. The molecule has 0 atom stereocenters.